The lowest BCUT2D eigenvalue weighted by molar-refractivity contribution is -0.137. The lowest BCUT2D eigenvalue weighted by Crippen LogP contribution is -2.47. The lowest BCUT2D eigenvalue weighted by atomic mass is 10.0. The number of rotatable bonds is 3. The zero-order valence-electron chi connectivity index (χ0n) is 19.8. The van der Waals surface area contributed by atoms with Crippen LogP contribution in [0.4, 0.5) is 24.7 Å². The summed E-state index contributed by atoms with van der Waals surface area (Å²) in [6.45, 7) is 5.23. The van der Waals surface area contributed by atoms with Crippen molar-refractivity contribution in [2.24, 2.45) is 0 Å². The number of carbonyl (C=O) groups excluding carboxylic acids is 1. The number of nitrogens with zero attached hydrogens (tertiary/aromatic N) is 4. The Morgan fingerprint density at radius 2 is 1.66 bits per heavy atom. The highest BCUT2D eigenvalue weighted by molar-refractivity contribution is 6.07. The van der Waals surface area contributed by atoms with E-state index in [1.165, 1.54) is 12.1 Å². The highest BCUT2D eigenvalue weighted by Crippen LogP contribution is 2.32. The van der Waals surface area contributed by atoms with E-state index in [-0.39, 0.29) is 11.9 Å². The Morgan fingerprint density at radius 1 is 0.914 bits per heavy atom. The SMILES string of the molecule is C[C@@H]1CCCCN1C(=O)c1cc(N2CCN(c3cccc(C(F)(F)F)c3)CC2)nc2ccccc12. The normalized spacial score (nSPS) is 19.3. The van der Waals surface area contributed by atoms with Gasteiger partial charge >= 0.3 is 6.18 Å². The van der Waals surface area contributed by atoms with Crippen molar-refractivity contribution in [3.05, 3.63) is 65.7 Å². The second-order valence-corrected chi connectivity index (χ2v) is 9.41. The number of amides is 1. The van der Waals surface area contributed by atoms with E-state index < -0.39 is 11.7 Å². The predicted molar refractivity (Wildman–Crippen MR) is 132 cm³/mol. The van der Waals surface area contributed by atoms with Gasteiger partial charge in [-0.05, 0) is 56.5 Å². The minimum absolute atomic E-state index is 0.0413. The molecule has 3 heterocycles. The molecule has 0 unspecified atom stereocenters. The summed E-state index contributed by atoms with van der Waals surface area (Å²) in [6, 6.07) is 15.3. The maximum Gasteiger partial charge on any atom is 0.416 e. The fourth-order valence-corrected chi connectivity index (χ4v) is 5.13. The van der Waals surface area contributed by atoms with Gasteiger partial charge in [0, 0.05) is 49.8 Å². The number of likely N-dealkylation sites (tertiary alicyclic amines) is 1. The van der Waals surface area contributed by atoms with Gasteiger partial charge in [-0.3, -0.25) is 4.79 Å². The summed E-state index contributed by atoms with van der Waals surface area (Å²) >= 11 is 0. The van der Waals surface area contributed by atoms with E-state index in [0.29, 0.717) is 37.4 Å². The van der Waals surface area contributed by atoms with E-state index in [2.05, 4.69) is 11.8 Å². The van der Waals surface area contributed by atoms with E-state index in [1.807, 2.05) is 40.1 Å². The first kappa shape index (κ1) is 23.5. The number of pyridine rings is 1. The average molecular weight is 483 g/mol. The van der Waals surface area contributed by atoms with Crippen LogP contribution in [0.25, 0.3) is 10.9 Å². The summed E-state index contributed by atoms with van der Waals surface area (Å²) in [5.41, 5.74) is 1.38. The molecule has 1 amide bonds. The highest BCUT2D eigenvalue weighted by Gasteiger charge is 2.31. The molecule has 0 bridgehead atoms. The Kier molecular flexibility index (Phi) is 6.30. The molecule has 0 radical (unpaired) electrons. The van der Waals surface area contributed by atoms with Crippen molar-refractivity contribution in [2.75, 3.05) is 42.5 Å². The first-order valence-electron chi connectivity index (χ1n) is 12.2. The van der Waals surface area contributed by atoms with Gasteiger partial charge in [0.15, 0.2) is 0 Å². The second kappa shape index (κ2) is 9.40. The number of piperidine rings is 1. The van der Waals surface area contributed by atoms with Gasteiger partial charge in [0.05, 0.1) is 16.6 Å². The summed E-state index contributed by atoms with van der Waals surface area (Å²) < 4.78 is 39.4. The third kappa shape index (κ3) is 4.79. The van der Waals surface area contributed by atoms with Gasteiger partial charge < -0.3 is 14.7 Å². The Morgan fingerprint density at radius 3 is 2.40 bits per heavy atom. The van der Waals surface area contributed by atoms with Crippen LogP contribution in [-0.2, 0) is 6.18 Å². The van der Waals surface area contributed by atoms with E-state index in [4.69, 9.17) is 4.98 Å². The van der Waals surface area contributed by atoms with E-state index in [0.717, 1.165) is 48.6 Å². The van der Waals surface area contributed by atoms with Gasteiger partial charge in [-0.2, -0.15) is 13.2 Å². The topological polar surface area (TPSA) is 39.7 Å². The summed E-state index contributed by atoms with van der Waals surface area (Å²) in [7, 11) is 0. The van der Waals surface area contributed by atoms with Crippen LogP contribution in [0.2, 0.25) is 0 Å². The van der Waals surface area contributed by atoms with Crippen molar-refractivity contribution in [3.8, 4) is 0 Å². The maximum absolute atomic E-state index is 13.6. The Labute approximate surface area is 203 Å². The Balaban J connectivity index is 1.39. The smallest absolute Gasteiger partial charge is 0.368 e. The molecule has 5 nitrogen and oxygen atoms in total. The van der Waals surface area contributed by atoms with E-state index in [9.17, 15) is 18.0 Å². The number of para-hydroxylation sites is 1. The van der Waals surface area contributed by atoms with Crippen LogP contribution in [0.5, 0.6) is 0 Å². The molecule has 2 aromatic carbocycles. The second-order valence-electron chi connectivity index (χ2n) is 9.41. The molecule has 5 rings (SSSR count). The average Bonchev–Trinajstić information content (AvgIpc) is 2.87. The van der Waals surface area contributed by atoms with Gasteiger partial charge in [-0.15, -0.1) is 0 Å². The van der Waals surface area contributed by atoms with Gasteiger partial charge in [0.2, 0.25) is 0 Å². The molecule has 0 spiro atoms. The summed E-state index contributed by atoms with van der Waals surface area (Å²) in [5.74, 6) is 0.778. The van der Waals surface area contributed by atoms with Crippen molar-refractivity contribution in [3.63, 3.8) is 0 Å². The minimum atomic E-state index is -4.36. The first-order chi connectivity index (χ1) is 16.8. The molecule has 0 N–H and O–H groups in total. The first-order valence-corrected chi connectivity index (χ1v) is 12.2. The molecule has 1 aromatic heterocycles. The predicted octanol–water partition coefficient (Wildman–Crippen LogP) is 5.59. The number of benzene rings is 2. The standard InChI is InChI=1S/C27H29F3N4O/c1-19-7-4-5-12-34(19)26(35)23-18-25(31-24-11-3-2-10-22(23)24)33-15-13-32(14-16-33)21-9-6-8-20(17-21)27(28,29)30/h2-3,6,8-11,17-19H,4-5,7,12-16H2,1H3/t19-/m1/s1. The molecule has 2 saturated heterocycles. The minimum Gasteiger partial charge on any atom is -0.368 e. The molecule has 8 heteroatoms. The number of halogens is 3. The Hall–Kier alpha value is -3.29. The molecular formula is C27H29F3N4O. The number of carbonyl (C=O) groups is 1. The maximum atomic E-state index is 13.6. The number of hydrogen-bond acceptors (Lipinski definition) is 4. The van der Waals surface area contributed by atoms with Crippen LogP contribution in [0.1, 0.15) is 42.1 Å². The van der Waals surface area contributed by atoms with Crippen LogP contribution >= 0.6 is 0 Å². The molecule has 1 atom stereocenters. The molecule has 2 aliphatic heterocycles. The lowest BCUT2D eigenvalue weighted by Gasteiger charge is -2.37. The van der Waals surface area contributed by atoms with Crippen LogP contribution in [0, 0.1) is 0 Å². The zero-order chi connectivity index (χ0) is 24.6. The van der Waals surface area contributed by atoms with Gasteiger partial charge in [0.1, 0.15) is 5.82 Å². The van der Waals surface area contributed by atoms with Crippen molar-refractivity contribution in [1.82, 2.24) is 9.88 Å². The van der Waals surface area contributed by atoms with Crippen molar-refractivity contribution in [1.29, 1.82) is 0 Å². The molecule has 3 aromatic rings. The number of fused-ring (bicyclic) bond motifs is 1. The number of hydrogen-bond donors (Lipinski definition) is 0. The molecule has 2 fully saturated rings. The summed E-state index contributed by atoms with van der Waals surface area (Å²) in [5, 5.41) is 0.849. The number of piperazine rings is 1. The quantitative estimate of drug-likeness (QED) is 0.488. The van der Waals surface area contributed by atoms with Crippen molar-refractivity contribution in [2.45, 2.75) is 38.4 Å². The zero-order valence-corrected chi connectivity index (χ0v) is 19.8. The van der Waals surface area contributed by atoms with Crippen molar-refractivity contribution < 1.29 is 18.0 Å². The molecule has 0 aliphatic carbocycles. The summed E-state index contributed by atoms with van der Waals surface area (Å²) in [4.78, 5) is 24.5. The molecule has 35 heavy (non-hydrogen) atoms. The number of anilines is 2. The van der Waals surface area contributed by atoms with Gasteiger partial charge in [-0.25, -0.2) is 4.98 Å². The molecule has 0 saturated carbocycles. The third-order valence-electron chi connectivity index (χ3n) is 7.14. The van der Waals surface area contributed by atoms with Gasteiger partial charge in [-0.1, -0.05) is 24.3 Å². The Bertz CT molecular complexity index is 1220. The number of alkyl halides is 3. The molecular weight excluding hydrogens is 453 g/mol. The third-order valence-corrected chi connectivity index (χ3v) is 7.14. The van der Waals surface area contributed by atoms with Gasteiger partial charge in [0.25, 0.3) is 5.91 Å². The van der Waals surface area contributed by atoms with Crippen LogP contribution < -0.4 is 9.80 Å². The fourth-order valence-electron chi connectivity index (χ4n) is 5.13. The molecule has 184 valence electrons. The van der Waals surface area contributed by atoms with Crippen molar-refractivity contribution >= 4 is 28.3 Å². The van der Waals surface area contributed by atoms with Crippen LogP contribution in [-0.4, -0.2) is 54.6 Å². The molecule has 2 aliphatic rings. The highest BCUT2D eigenvalue weighted by atomic mass is 19.4. The van der Waals surface area contributed by atoms with Crippen LogP contribution in [0.15, 0.2) is 54.6 Å². The fraction of sp³-hybridized carbons (Fsp3) is 0.407. The number of aromatic nitrogens is 1. The largest absolute Gasteiger partial charge is 0.416 e. The van der Waals surface area contributed by atoms with E-state index in [1.54, 1.807) is 6.07 Å². The van der Waals surface area contributed by atoms with E-state index >= 15 is 0 Å². The van der Waals surface area contributed by atoms with Crippen LogP contribution in [0.3, 0.4) is 0 Å². The summed E-state index contributed by atoms with van der Waals surface area (Å²) in [6.07, 6.45) is -1.19. The monoisotopic (exact) mass is 482 g/mol.